The van der Waals surface area contributed by atoms with Crippen molar-refractivity contribution >= 4 is 23.4 Å². The Balaban J connectivity index is 1.42. The van der Waals surface area contributed by atoms with Crippen LogP contribution in [0.1, 0.15) is 44.7 Å². The summed E-state index contributed by atoms with van der Waals surface area (Å²) in [4.78, 5) is 27.4. The van der Waals surface area contributed by atoms with Crippen molar-refractivity contribution in [3.63, 3.8) is 0 Å². The third-order valence-corrected chi connectivity index (χ3v) is 5.69. The Hall–Kier alpha value is -3.35. The smallest absolute Gasteiger partial charge is 0.414 e. The third-order valence-electron chi connectivity index (χ3n) is 5.69. The molecule has 2 fully saturated rings. The summed E-state index contributed by atoms with van der Waals surface area (Å²) >= 11 is 0. The van der Waals surface area contributed by atoms with Gasteiger partial charge in [-0.2, -0.15) is 4.80 Å². The van der Waals surface area contributed by atoms with Crippen molar-refractivity contribution < 1.29 is 28.2 Å². The normalized spacial score (nSPS) is 20.2. The minimum absolute atomic E-state index is 0.0522. The Morgan fingerprint density at radius 3 is 2.55 bits per heavy atom. The Labute approximate surface area is 188 Å². The molecule has 2 unspecified atom stereocenters. The molecular formula is C20H25F2N7O4. The molecule has 2 amide bonds. The lowest BCUT2D eigenvalue weighted by atomic mass is 10.0. The van der Waals surface area contributed by atoms with Crippen molar-refractivity contribution in [3.05, 3.63) is 29.6 Å². The number of nitrogens with one attached hydrogen (secondary N) is 1. The van der Waals surface area contributed by atoms with E-state index in [0.717, 1.165) is 17.0 Å². The van der Waals surface area contributed by atoms with E-state index in [2.05, 4.69) is 20.7 Å². The number of carbonyl (C=O) groups is 2. The highest BCUT2D eigenvalue weighted by Gasteiger charge is 2.34. The quantitative estimate of drug-likeness (QED) is 0.654. The summed E-state index contributed by atoms with van der Waals surface area (Å²) in [6, 6.07) is 2.13. The molecule has 0 spiro atoms. The highest BCUT2D eigenvalue weighted by atomic mass is 19.1. The molecule has 178 valence electrons. The molecule has 4 rings (SSSR count). The van der Waals surface area contributed by atoms with E-state index in [9.17, 15) is 23.5 Å². The number of ether oxygens (including phenoxy) is 1. The summed E-state index contributed by atoms with van der Waals surface area (Å²) in [6.45, 7) is 3.82. The van der Waals surface area contributed by atoms with Crippen LogP contribution in [0, 0.1) is 11.6 Å². The van der Waals surface area contributed by atoms with E-state index in [4.69, 9.17) is 4.74 Å². The van der Waals surface area contributed by atoms with Gasteiger partial charge in [0.1, 0.15) is 17.9 Å². The van der Waals surface area contributed by atoms with Gasteiger partial charge >= 0.3 is 6.09 Å². The summed E-state index contributed by atoms with van der Waals surface area (Å²) in [5.74, 6) is -1.60. The highest BCUT2D eigenvalue weighted by Crippen LogP contribution is 2.33. The number of rotatable bonds is 6. The lowest BCUT2D eigenvalue weighted by molar-refractivity contribution is -0.119. The Bertz CT molecular complexity index is 1020. The van der Waals surface area contributed by atoms with Crippen LogP contribution in [0.25, 0.3) is 0 Å². The van der Waals surface area contributed by atoms with Gasteiger partial charge in [-0.3, -0.25) is 9.69 Å². The number of aromatic nitrogens is 4. The van der Waals surface area contributed by atoms with Crippen molar-refractivity contribution in [2.45, 2.75) is 44.9 Å². The van der Waals surface area contributed by atoms with Crippen molar-refractivity contribution in [1.29, 1.82) is 0 Å². The largest absolute Gasteiger partial charge is 0.442 e. The number of cyclic esters (lactones) is 1. The number of piperidine rings is 1. The molecule has 0 aliphatic carbocycles. The number of carbonyl (C=O) groups excluding carboxylic acids is 2. The van der Waals surface area contributed by atoms with Gasteiger partial charge in [-0.25, -0.2) is 13.6 Å². The zero-order valence-electron chi connectivity index (χ0n) is 18.2. The van der Waals surface area contributed by atoms with E-state index < -0.39 is 29.9 Å². The Kier molecular flexibility index (Phi) is 6.40. The van der Waals surface area contributed by atoms with Crippen LogP contribution in [0.2, 0.25) is 0 Å². The number of halogens is 2. The number of hydrogen-bond acceptors (Lipinski definition) is 8. The van der Waals surface area contributed by atoms with Gasteiger partial charge in [0.05, 0.1) is 24.8 Å². The number of tetrazole rings is 1. The molecule has 1 aromatic heterocycles. The van der Waals surface area contributed by atoms with Gasteiger partial charge < -0.3 is 20.1 Å². The van der Waals surface area contributed by atoms with Gasteiger partial charge in [0.15, 0.2) is 11.6 Å². The van der Waals surface area contributed by atoms with E-state index in [0.29, 0.717) is 25.9 Å². The van der Waals surface area contributed by atoms with Gasteiger partial charge in [0, 0.05) is 32.1 Å². The van der Waals surface area contributed by atoms with E-state index in [-0.39, 0.29) is 42.2 Å². The van der Waals surface area contributed by atoms with Crippen LogP contribution >= 0.6 is 0 Å². The molecule has 0 saturated carbocycles. The zero-order valence-corrected chi connectivity index (χ0v) is 18.2. The molecule has 2 aliphatic rings. The lowest BCUT2D eigenvalue weighted by Gasteiger charge is -2.33. The topological polar surface area (TPSA) is 126 Å². The van der Waals surface area contributed by atoms with Crippen molar-refractivity contribution in [1.82, 2.24) is 25.5 Å². The summed E-state index contributed by atoms with van der Waals surface area (Å²) < 4.78 is 35.1. The fraction of sp³-hybridized carbons (Fsp3) is 0.550. The van der Waals surface area contributed by atoms with Crippen LogP contribution in [-0.4, -0.2) is 69.6 Å². The van der Waals surface area contributed by atoms with Crippen LogP contribution in [0.5, 0.6) is 0 Å². The Morgan fingerprint density at radius 2 is 1.97 bits per heavy atom. The highest BCUT2D eigenvalue weighted by molar-refractivity contribution is 5.90. The maximum atomic E-state index is 15.0. The third kappa shape index (κ3) is 4.87. The molecule has 2 saturated heterocycles. The van der Waals surface area contributed by atoms with E-state index in [1.807, 2.05) is 0 Å². The van der Waals surface area contributed by atoms with Gasteiger partial charge in [-0.05, 0) is 25.0 Å². The maximum Gasteiger partial charge on any atom is 0.414 e. The zero-order chi connectivity index (χ0) is 23.7. The molecule has 2 N–H and O–H groups in total. The van der Waals surface area contributed by atoms with Crippen LogP contribution in [0.4, 0.5) is 25.0 Å². The maximum absolute atomic E-state index is 15.0. The SMILES string of the molecule is CC(=O)NCC1CN(c2cc(F)c(N3CCC(n4nnc(C(C)O)n4)CC3)c(F)c2)C(=O)O1. The number of aliphatic hydroxyl groups is 1. The van der Waals surface area contributed by atoms with Crippen molar-refractivity contribution in [2.75, 3.05) is 36.0 Å². The number of nitrogens with zero attached hydrogens (tertiary/aromatic N) is 6. The van der Waals surface area contributed by atoms with E-state index in [1.165, 1.54) is 11.7 Å². The van der Waals surface area contributed by atoms with Crippen LogP contribution in [0.15, 0.2) is 12.1 Å². The summed E-state index contributed by atoms with van der Waals surface area (Å²) in [5.41, 5.74) is -0.104. The van der Waals surface area contributed by atoms with Crippen LogP contribution in [0.3, 0.4) is 0 Å². The molecule has 2 aromatic rings. The molecule has 0 bridgehead atoms. The van der Waals surface area contributed by atoms with Crippen LogP contribution in [-0.2, 0) is 9.53 Å². The first-order valence-electron chi connectivity index (χ1n) is 10.7. The van der Waals surface area contributed by atoms with E-state index >= 15 is 0 Å². The average molecular weight is 465 g/mol. The van der Waals surface area contributed by atoms with E-state index in [1.54, 1.807) is 11.8 Å². The molecule has 11 nitrogen and oxygen atoms in total. The standard InChI is InChI=1S/C20H25F2N7O4/c1-11(30)19-24-26-29(25-19)13-3-5-27(6-4-13)18-16(21)7-14(8-17(18)22)28-10-15(33-20(28)32)9-23-12(2)31/h7-8,11,13,15,30H,3-6,9-10H2,1-2H3,(H,23,31). The summed E-state index contributed by atoms with van der Waals surface area (Å²) in [6.07, 6.45) is -1.08. The molecule has 33 heavy (non-hydrogen) atoms. The number of anilines is 2. The molecular weight excluding hydrogens is 440 g/mol. The molecule has 2 aliphatic heterocycles. The van der Waals surface area contributed by atoms with Crippen molar-refractivity contribution in [2.24, 2.45) is 0 Å². The van der Waals surface area contributed by atoms with Crippen molar-refractivity contribution in [3.8, 4) is 0 Å². The predicted octanol–water partition coefficient (Wildman–Crippen LogP) is 1.31. The predicted molar refractivity (Wildman–Crippen MR) is 112 cm³/mol. The number of amides is 2. The Morgan fingerprint density at radius 1 is 1.30 bits per heavy atom. The molecule has 2 atom stereocenters. The summed E-state index contributed by atoms with van der Waals surface area (Å²) in [7, 11) is 0. The second kappa shape index (κ2) is 9.25. The first kappa shape index (κ1) is 22.8. The minimum Gasteiger partial charge on any atom is -0.442 e. The fourth-order valence-corrected chi connectivity index (χ4v) is 3.99. The molecule has 1 aromatic carbocycles. The first-order valence-corrected chi connectivity index (χ1v) is 10.7. The van der Waals surface area contributed by atoms with Crippen LogP contribution < -0.4 is 15.1 Å². The minimum atomic E-state index is -0.825. The second-order valence-corrected chi connectivity index (χ2v) is 8.17. The molecule has 0 radical (unpaired) electrons. The molecule has 13 heteroatoms. The number of aliphatic hydroxyl groups excluding tert-OH is 1. The number of benzene rings is 1. The number of hydrogen-bond donors (Lipinski definition) is 2. The first-order chi connectivity index (χ1) is 15.7. The summed E-state index contributed by atoms with van der Waals surface area (Å²) in [5, 5.41) is 24.0. The van der Waals surface area contributed by atoms with Gasteiger partial charge in [-0.1, -0.05) is 0 Å². The lowest BCUT2D eigenvalue weighted by Crippen LogP contribution is -2.36. The second-order valence-electron chi connectivity index (χ2n) is 8.17. The molecule has 3 heterocycles. The monoisotopic (exact) mass is 465 g/mol. The van der Waals surface area contributed by atoms with Gasteiger partial charge in [-0.15, -0.1) is 10.2 Å². The average Bonchev–Trinajstić information content (AvgIpc) is 3.39. The van der Waals surface area contributed by atoms with Gasteiger partial charge in [0.2, 0.25) is 11.7 Å². The van der Waals surface area contributed by atoms with Gasteiger partial charge in [0.25, 0.3) is 0 Å². The fourth-order valence-electron chi connectivity index (χ4n) is 3.99.